The Morgan fingerprint density at radius 3 is 2.93 bits per heavy atom. The zero-order valence-electron chi connectivity index (χ0n) is 7.70. The van der Waals surface area contributed by atoms with Crippen molar-refractivity contribution >= 4 is 17.5 Å². The molecule has 0 aliphatic carbocycles. The van der Waals surface area contributed by atoms with Gasteiger partial charge in [-0.15, -0.1) is 6.42 Å². The Hall–Kier alpha value is -1.53. The zero-order chi connectivity index (χ0) is 10.6. The molecule has 1 amide bonds. The van der Waals surface area contributed by atoms with E-state index >= 15 is 0 Å². The molecule has 72 valence electrons. The van der Waals surface area contributed by atoms with Crippen molar-refractivity contribution in [1.29, 1.82) is 0 Å². The number of carbonyl (C=O) groups excluding carboxylic acids is 1. The van der Waals surface area contributed by atoms with E-state index in [9.17, 15) is 4.79 Å². The summed E-state index contributed by atoms with van der Waals surface area (Å²) >= 11 is 5.64. The fourth-order valence-corrected chi connectivity index (χ4v) is 1.02. The second-order valence-electron chi connectivity index (χ2n) is 2.73. The largest absolute Gasteiger partial charge is 0.329 e. The molecule has 0 aliphatic rings. The number of amides is 1. The third-order valence-corrected chi connectivity index (χ3v) is 1.85. The molecule has 0 N–H and O–H groups in total. The van der Waals surface area contributed by atoms with Gasteiger partial charge in [0, 0.05) is 13.2 Å². The standard InChI is InChI=1S/C10H9ClN2O/c1-3-6-13(2)10(14)9-5-4-8(11)7-12-9/h1,4-5,7H,6H2,2H3. The Labute approximate surface area is 87.7 Å². The molecule has 0 unspecified atom stereocenters. The summed E-state index contributed by atoms with van der Waals surface area (Å²) in [5.74, 6) is 2.17. The van der Waals surface area contributed by atoms with E-state index in [1.165, 1.54) is 11.1 Å². The molecule has 1 heterocycles. The predicted molar refractivity (Wildman–Crippen MR) is 55.0 cm³/mol. The third-order valence-electron chi connectivity index (χ3n) is 1.62. The lowest BCUT2D eigenvalue weighted by Gasteiger charge is -2.12. The minimum absolute atomic E-state index is 0.209. The molecule has 14 heavy (non-hydrogen) atoms. The fraction of sp³-hybridized carbons (Fsp3) is 0.200. The molecular formula is C10H9ClN2O. The normalized spacial score (nSPS) is 9.21. The van der Waals surface area contributed by atoms with Gasteiger partial charge in [-0.05, 0) is 12.1 Å². The number of rotatable bonds is 2. The Kier molecular flexibility index (Phi) is 3.49. The summed E-state index contributed by atoms with van der Waals surface area (Å²) in [7, 11) is 1.62. The first-order valence-corrected chi connectivity index (χ1v) is 4.33. The number of hydrogen-bond donors (Lipinski definition) is 0. The molecular weight excluding hydrogens is 200 g/mol. The van der Waals surface area contributed by atoms with Crippen molar-refractivity contribution in [2.75, 3.05) is 13.6 Å². The number of pyridine rings is 1. The Morgan fingerprint density at radius 1 is 1.71 bits per heavy atom. The number of halogens is 1. The molecule has 0 spiro atoms. The lowest BCUT2D eigenvalue weighted by atomic mass is 10.3. The van der Waals surface area contributed by atoms with Gasteiger partial charge < -0.3 is 4.90 Å². The Bertz CT molecular complexity index is 367. The summed E-state index contributed by atoms with van der Waals surface area (Å²) in [5.41, 5.74) is 0.340. The molecule has 0 aromatic carbocycles. The highest BCUT2D eigenvalue weighted by Crippen LogP contribution is 2.07. The SMILES string of the molecule is C#CCN(C)C(=O)c1ccc(Cl)cn1. The van der Waals surface area contributed by atoms with Crippen LogP contribution in [0.25, 0.3) is 0 Å². The van der Waals surface area contributed by atoms with E-state index in [1.807, 2.05) is 0 Å². The van der Waals surface area contributed by atoms with Crippen molar-refractivity contribution in [3.05, 3.63) is 29.0 Å². The van der Waals surface area contributed by atoms with Crippen molar-refractivity contribution in [3.8, 4) is 12.3 Å². The molecule has 1 rings (SSSR count). The average Bonchev–Trinajstić information content (AvgIpc) is 2.18. The fourth-order valence-electron chi connectivity index (χ4n) is 0.907. The highest BCUT2D eigenvalue weighted by atomic mass is 35.5. The minimum atomic E-state index is -0.209. The van der Waals surface area contributed by atoms with Gasteiger partial charge in [-0.2, -0.15) is 0 Å². The highest BCUT2D eigenvalue weighted by molar-refractivity contribution is 6.30. The second kappa shape index (κ2) is 4.64. The van der Waals surface area contributed by atoms with Gasteiger partial charge in [-0.3, -0.25) is 4.79 Å². The summed E-state index contributed by atoms with van der Waals surface area (Å²) in [6.07, 6.45) is 6.51. The molecule has 0 radical (unpaired) electrons. The monoisotopic (exact) mass is 208 g/mol. The van der Waals surface area contributed by atoms with Crippen LogP contribution in [0.4, 0.5) is 0 Å². The smallest absolute Gasteiger partial charge is 0.272 e. The van der Waals surface area contributed by atoms with E-state index in [0.717, 1.165) is 0 Å². The predicted octanol–water partition coefficient (Wildman–Crippen LogP) is 1.44. The van der Waals surface area contributed by atoms with Crippen LogP contribution in [0.1, 0.15) is 10.5 Å². The molecule has 3 nitrogen and oxygen atoms in total. The zero-order valence-corrected chi connectivity index (χ0v) is 8.45. The van der Waals surface area contributed by atoms with Crippen LogP contribution < -0.4 is 0 Å². The number of hydrogen-bond acceptors (Lipinski definition) is 2. The molecule has 0 saturated carbocycles. The average molecular weight is 209 g/mol. The van der Waals surface area contributed by atoms with Crippen molar-refractivity contribution < 1.29 is 4.79 Å². The Morgan fingerprint density at radius 2 is 2.43 bits per heavy atom. The van der Waals surface area contributed by atoms with Crippen molar-refractivity contribution in [2.45, 2.75) is 0 Å². The van der Waals surface area contributed by atoms with Crippen LogP contribution in [0.5, 0.6) is 0 Å². The molecule has 1 aromatic heterocycles. The first-order chi connectivity index (χ1) is 6.65. The molecule has 0 atom stereocenters. The van der Waals surface area contributed by atoms with E-state index in [0.29, 0.717) is 10.7 Å². The van der Waals surface area contributed by atoms with Crippen LogP contribution in [0.15, 0.2) is 18.3 Å². The molecule has 0 fully saturated rings. The van der Waals surface area contributed by atoms with Gasteiger partial charge in [0.1, 0.15) is 5.69 Å². The number of carbonyl (C=O) groups is 1. The Balaban J connectivity index is 2.80. The van der Waals surface area contributed by atoms with Gasteiger partial charge in [0.05, 0.1) is 11.6 Å². The number of nitrogens with zero attached hydrogens (tertiary/aromatic N) is 2. The molecule has 1 aromatic rings. The van der Waals surface area contributed by atoms with Crippen LogP contribution in [-0.4, -0.2) is 29.4 Å². The van der Waals surface area contributed by atoms with Crippen molar-refractivity contribution in [1.82, 2.24) is 9.88 Å². The van der Waals surface area contributed by atoms with Crippen molar-refractivity contribution in [3.63, 3.8) is 0 Å². The quantitative estimate of drug-likeness (QED) is 0.690. The van der Waals surface area contributed by atoms with Crippen LogP contribution >= 0.6 is 11.6 Å². The first-order valence-electron chi connectivity index (χ1n) is 3.95. The summed E-state index contributed by atoms with van der Waals surface area (Å²) in [6, 6.07) is 3.18. The molecule has 0 bridgehead atoms. The lowest BCUT2D eigenvalue weighted by Crippen LogP contribution is -2.27. The molecule has 4 heteroatoms. The lowest BCUT2D eigenvalue weighted by molar-refractivity contribution is 0.0807. The van der Waals surface area contributed by atoms with Gasteiger partial charge in [-0.1, -0.05) is 17.5 Å². The summed E-state index contributed by atoms with van der Waals surface area (Å²) in [4.78, 5) is 16.9. The van der Waals surface area contributed by atoms with Crippen LogP contribution in [0, 0.1) is 12.3 Å². The van der Waals surface area contributed by atoms with E-state index in [-0.39, 0.29) is 12.5 Å². The van der Waals surface area contributed by atoms with Gasteiger partial charge in [-0.25, -0.2) is 4.98 Å². The van der Waals surface area contributed by atoms with Crippen LogP contribution in [0.2, 0.25) is 5.02 Å². The minimum Gasteiger partial charge on any atom is -0.329 e. The van der Waals surface area contributed by atoms with E-state index < -0.39 is 0 Å². The molecule has 0 saturated heterocycles. The van der Waals surface area contributed by atoms with Crippen LogP contribution in [-0.2, 0) is 0 Å². The van der Waals surface area contributed by atoms with E-state index in [4.69, 9.17) is 18.0 Å². The van der Waals surface area contributed by atoms with Crippen LogP contribution in [0.3, 0.4) is 0 Å². The maximum absolute atomic E-state index is 11.6. The maximum Gasteiger partial charge on any atom is 0.272 e. The molecule has 0 aliphatic heterocycles. The van der Waals surface area contributed by atoms with Gasteiger partial charge in [0.15, 0.2) is 0 Å². The number of terminal acetylenes is 1. The summed E-state index contributed by atoms with van der Waals surface area (Å²) < 4.78 is 0. The van der Waals surface area contributed by atoms with E-state index in [1.54, 1.807) is 19.2 Å². The van der Waals surface area contributed by atoms with Gasteiger partial charge in [0.2, 0.25) is 0 Å². The third kappa shape index (κ3) is 2.48. The summed E-state index contributed by atoms with van der Waals surface area (Å²) in [5, 5.41) is 0.501. The summed E-state index contributed by atoms with van der Waals surface area (Å²) in [6.45, 7) is 0.267. The highest BCUT2D eigenvalue weighted by Gasteiger charge is 2.11. The van der Waals surface area contributed by atoms with Gasteiger partial charge >= 0.3 is 0 Å². The van der Waals surface area contributed by atoms with E-state index in [2.05, 4.69) is 10.9 Å². The second-order valence-corrected chi connectivity index (χ2v) is 3.16. The first kappa shape index (κ1) is 10.6. The number of aromatic nitrogens is 1. The topological polar surface area (TPSA) is 33.2 Å². The maximum atomic E-state index is 11.6. The van der Waals surface area contributed by atoms with Crippen molar-refractivity contribution in [2.24, 2.45) is 0 Å². The van der Waals surface area contributed by atoms with Gasteiger partial charge in [0.25, 0.3) is 5.91 Å².